The Kier molecular flexibility index (Phi) is 4.99. The van der Waals surface area contributed by atoms with E-state index >= 15 is 0 Å². The fraction of sp³-hybridized carbons (Fsp3) is 0.167. The molecular formula is C12H11F2NO4. The Morgan fingerprint density at radius 3 is 2.16 bits per heavy atom. The van der Waals surface area contributed by atoms with Crippen LogP contribution in [0, 0.1) is 11.6 Å². The summed E-state index contributed by atoms with van der Waals surface area (Å²) in [5.74, 6) is -3.35. The van der Waals surface area contributed by atoms with E-state index in [2.05, 4.69) is 14.8 Å². The van der Waals surface area contributed by atoms with Gasteiger partial charge in [-0.1, -0.05) is 0 Å². The Bertz CT molecular complexity index is 508. The molecule has 0 atom stereocenters. The monoisotopic (exact) mass is 271 g/mol. The van der Waals surface area contributed by atoms with Gasteiger partial charge in [0.25, 0.3) is 0 Å². The van der Waals surface area contributed by atoms with E-state index < -0.39 is 23.6 Å². The average molecular weight is 271 g/mol. The van der Waals surface area contributed by atoms with E-state index in [-0.39, 0.29) is 11.4 Å². The Hall–Kier alpha value is -2.44. The lowest BCUT2D eigenvalue weighted by Crippen LogP contribution is -2.15. The minimum absolute atomic E-state index is 0.0435. The van der Waals surface area contributed by atoms with Crippen LogP contribution in [-0.4, -0.2) is 26.2 Å². The van der Waals surface area contributed by atoms with Crippen molar-refractivity contribution in [3.05, 3.63) is 41.6 Å². The minimum atomic E-state index is -0.880. The number of halogens is 2. The summed E-state index contributed by atoms with van der Waals surface area (Å²) in [4.78, 5) is 22.5. The minimum Gasteiger partial charge on any atom is -0.466 e. The molecule has 0 saturated carbocycles. The SMILES string of the molecule is COC(=O)/C=C(/Nc1cc(F)cc(F)c1)C(=O)OC. The number of benzene rings is 1. The summed E-state index contributed by atoms with van der Waals surface area (Å²) < 4.78 is 34.7. The molecule has 0 aromatic heterocycles. The summed E-state index contributed by atoms with van der Waals surface area (Å²) in [7, 11) is 2.22. The molecule has 0 saturated heterocycles. The van der Waals surface area contributed by atoms with Gasteiger partial charge in [-0.25, -0.2) is 18.4 Å². The molecule has 0 aliphatic heterocycles. The second kappa shape index (κ2) is 6.48. The molecule has 1 N–H and O–H groups in total. The van der Waals surface area contributed by atoms with Crippen LogP contribution in [0.4, 0.5) is 14.5 Å². The van der Waals surface area contributed by atoms with Crippen molar-refractivity contribution >= 4 is 17.6 Å². The molecule has 7 heteroatoms. The molecule has 0 unspecified atom stereocenters. The van der Waals surface area contributed by atoms with Gasteiger partial charge in [-0.05, 0) is 12.1 Å². The summed E-state index contributed by atoms with van der Waals surface area (Å²) in [5.41, 5.74) is -0.350. The van der Waals surface area contributed by atoms with Gasteiger partial charge in [-0.3, -0.25) is 0 Å². The van der Waals surface area contributed by atoms with Crippen LogP contribution in [0.2, 0.25) is 0 Å². The number of methoxy groups -OCH3 is 2. The molecule has 1 rings (SSSR count). The molecule has 0 aliphatic carbocycles. The van der Waals surface area contributed by atoms with Gasteiger partial charge < -0.3 is 14.8 Å². The zero-order chi connectivity index (χ0) is 14.4. The smallest absolute Gasteiger partial charge is 0.354 e. The van der Waals surface area contributed by atoms with Gasteiger partial charge in [0, 0.05) is 11.8 Å². The quantitative estimate of drug-likeness (QED) is 0.665. The van der Waals surface area contributed by atoms with E-state index in [0.717, 1.165) is 32.4 Å². The highest BCUT2D eigenvalue weighted by atomic mass is 19.1. The van der Waals surface area contributed by atoms with Crippen molar-refractivity contribution in [1.29, 1.82) is 0 Å². The maximum absolute atomic E-state index is 13.0. The zero-order valence-corrected chi connectivity index (χ0v) is 10.2. The largest absolute Gasteiger partial charge is 0.466 e. The molecule has 0 heterocycles. The molecule has 19 heavy (non-hydrogen) atoms. The fourth-order valence-electron chi connectivity index (χ4n) is 1.21. The third-order valence-electron chi connectivity index (χ3n) is 2.01. The number of ether oxygens (including phenoxy) is 2. The first kappa shape index (κ1) is 14.6. The molecule has 0 fully saturated rings. The van der Waals surface area contributed by atoms with Crippen molar-refractivity contribution < 1.29 is 27.8 Å². The van der Waals surface area contributed by atoms with Crippen LogP contribution in [-0.2, 0) is 19.1 Å². The van der Waals surface area contributed by atoms with Crippen LogP contribution >= 0.6 is 0 Å². The van der Waals surface area contributed by atoms with E-state index in [9.17, 15) is 18.4 Å². The van der Waals surface area contributed by atoms with Crippen molar-refractivity contribution in [2.24, 2.45) is 0 Å². The Morgan fingerprint density at radius 1 is 1.11 bits per heavy atom. The lowest BCUT2D eigenvalue weighted by atomic mass is 10.2. The highest BCUT2D eigenvalue weighted by Crippen LogP contribution is 2.15. The van der Waals surface area contributed by atoms with Gasteiger partial charge in [0.05, 0.1) is 20.3 Å². The summed E-state index contributed by atoms with van der Waals surface area (Å²) in [6.45, 7) is 0. The third kappa shape index (κ3) is 4.38. The molecule has 1 aromatic carbocycles. The molecule has 5 nitrogen and oxygen atoms in total. The van der Waals surface area contributed by atoms with Crippen molar-refractivity contribution in [2.45, 2.75) is 0 Å². The van der Waals surface area contributed by atoms with Crippen LogP contribution in [0.1, 0.15) is 0 Å². The molecule has 102 valence electrons. The predicted molar refractivity (Wildman–Crippen MR) is 62.1 cm³/mol. The van der Waals surface area contributed by atoms with E-state index in [1.807, 2.05) is 0 Å². The van der Waals surface area contributed by atoms with Crippen molar-refractivity contribution in [3.8, 4) is 0 Å². The number of nitrogens with one attached hydrogen (secondary N) is 1. The van der Waals surface area contributed by atoms with E-state index in [1.165, 1.54) is 0 Å². The summed E-state index contributed by atoms with van der Waals surface area (Å²) in [6.07, 6.45) is 0.814. The molecule has 0 bridgehead atoms. The van der Waals surface area contributed by atoms with Crippen LogP contribution < -0.4 is 5.32 Å². The summed E-state index contributed by atoms with van der Waals surface area (Å²) in [6, 6.07) is 2.58. The number of hydrogen-bond acceptors (Lipinski definition) is 5. The van der Waals surface area contributed by atoms with Gasteiger partial charge in [-0.15, -0.1) is 0 Å². The van der Waals surface area contributed by atoms with Crippen molar-refractivity contribution in [3.63, 3.8) is 0 Å². The lowest BCUT2D eigenvalue weighted by molar-refractivity contribution is -0.138. The van der Waals surface area contributed by atoms with E-state index in [4.69, 9.17) is 0 Å². The Labute approximate surface area is 107 Å². The number of rotatable bonds is 4. The molecule has 0 spiro atoms. The first-order chi connectivity index (χ1) is 8.96. The third-order valence-corrected chi connectivity index (χ3v) is 2.01. The average Bonchev–Trinajstić information content (AvgIpc) is 2.35. The number of anilines is 1. The zero-order valence-electron chi connectivity index (χ0n) is 10.2. The highest BCUT2D eigenvalue weighted by molar-refractivity contribution is 5.98. The molecular weight excluding hydrogens is 260 g/mol. The van der Waals surface area contributed by atoms with Gasteiger partial charge in [0.1, 0.15) is 17.3 Å². The van der Waals surface area contributed by atoms with Gasteiger partial charge in [-0.2, -0.15) is 0 Å². The second-order valence-electron chi connectivity index (χ2n) is 3.36. The Morgan fingerprint density at radius 2 is 1.68 bits per heavy atom. The highest BCUT2D eigenvalue weighted by Gasteiger charge is 2.13. The number of carbonyl (C=O) groups excluding carboxylic acids is 2. The maximum atomic E-state index is 13.0. The second-order valence-corrected chi connectivity index (χ2v) is 3.36. The maximum Gasteiger partial charge on any atom is 0.354 e. The predicted octanol–water partition coefficient (Wildman–Crippen LogP) is 1.61. The topological polar surface area (TPSA) is 64.6 Å². The molecule has 0 aliphatic rings. The van der Waals surface area contributed by atoms with Crippen LogP contribution in [0.25, 0.3) is 0 Å². The lowest BCUT2D eigenvalue weighted by Gasteiger charge is -2.09. The van der Waals surface area contributed by atoms with Crippen molar-refractivity contribution in [2.75, 3.05) is 19.5 Å². The molecule has 0 radical (unpaired) electrons. The standard InChI is InChI=1S/C12H11F2NO4/c1-18-11(16)6-10(12(17)19-2)15-9-4-7(13)3-8(14)5-9/h3-6,15H,1-2H3/b10-6+. The van der Waals surface area contributed by atoms with E-state index in [1.54, 1.807) is 0 Å². The summed E-state index contributed by atoms with van der Waals surface area (Å²) in [5, 5.41) is 2.38. The first-order valence-corrected chi connectivity index (χ1v) is 5.07. The van der Waals surface area contributed by atoms with E-state index in [0.29, 0.717) is 6.07 Å². The number of hydrogen-bond donors (Lipinski definition) is 1. The van der Waals surface area contributed by atoms with Gasteiger partial charge >= 0.3 is 11.9 Å². The first-order valence-electron chi connectivity index (χ1n) is 5.07. The van der Waals surface area contributed by atoms with Crippen molar-refractivity contribution in [1.82, 2.24) is 0 Å². The van der Waals surface area contributed by atoms with Crippen LogP contribution in [0.3, 0.4) is 0 Å². The van der Waals surface area contributed by atoms with Gasteiger partial charge in [0.15, 0.2) is 0 Å². The summed E-state index contributed by atoms with van der Waals surface area (Å²) >= 11 is 0. The van der Waals surface area contributed by atoms with Gasteiger partial charge in [0.2, 0.25) is 0 Å². The Balaban J connectivity index is 3.04. The fourth-order valence-corrected chi connectivity index (χ4v) is 1.21. The molecule has 1 aromatic rings. The van der Waals surface area contributed by atoms with Crippen LogP contribution in [0.15, 0.2) is 30.0 Å². The van der Waals surface area contributed by atoms with Crippen LogP contribution in [0.5, 0.6) is 0 Å². The number of carbonyl (C=O) groups is 2. The number of esters is 2. The normalized spacial score (nSPS) is 10.8. The molecule has 0 amide bonds.